The first kappa shape index (κ1) is 32.1. The molecule has 1 amide bonds. The molecule has 0 aliphatic carbocycles. The van der Waals surface area contributed by atoms with Crippen LogP contribution < -0.4 is 20.7 Å². The lowest BCUT2D eigenvalue weighted by molar-refractivity contribution is 0.130. The van der Waals surface area contributed by atoms with Crippen LogP contribution in [-0.2, 0) is 21.3 Å². The van der Waals surface area contributed by atoms with Crippen LogP contribution in [0.2, 0.25) is 0 Å². The van der Waals surface area contributed by atoms with E-state index < -0.39 is 21.7 Å². The van der Waals surface area contributed by atoms with Gasteiger partial charge in [-0.05, 0) is 88.8 Å². The average Bonchev–Trinajstić information content (AvgIpc) is 3.41. The van der Waals surface area contributed by atoms with Gasteiger partial charge in [-0.15, -0.1) is 11.3 Å². The molecule has 4 N–H and O–H groups in total. The summed E-state index contributed by atoms with van der Waals surface area (Å²) >= 11 is 6.84. The molecular weight excluding hydrogens is 603 g/mol. The number of ether oxygens (including phenoxy) is 1. The largest absolute Gasteiger partial charge is 0.447 e. The summed E-state index contributed by atoms with van der Waals surface area (Å²) < 4.78 is 35.1. The van der Waals surface area contributed by atoms with Gasteiger partial charge in [0.2, 0.25) is 10.0 Å². The minimum Gasteiger partial charge on any atom is -0.447 e. The Morgan fingerprint density at radius 1 is 0.977 bits per heavy atom. The summed E-state index contributed by atoms with van der Waals surface area (Å²) in [5.41, 5.74) is 2.84. The highest BCUT2D eigenvalue weighted by molar-refractivity contribution is 7.89. The second-order valence-electron chi connectivity index (χ2n) is 11.0. The van der Waals surface area contributed by atoms with Crippen LogP contribution in [-0.4, -0.2) is 36.3 Å². The number of thiazole rings is 1. The third-order valence-corrected chi connectivity index (χ3v) is 8.88. The maximum absolute atomic E-state index is 13.6. The predicted octanol–water partition coefficient (Wildman–Crippen LogP) is 7.00. The first-order chi connectivity index (χ1) is 20.3. The van der Waals surface area contributed by atoms with Crippen LogP contribution in [0.3, 0.4) is 0 Å². The number of hydrogen-bond donors (Lipinski definition) is 4. The second-order valence-corrected chi connectivity index (χ2v) is 14.1. The molecule has 12 heteroatoms. The van der Waals surface area contributed by atoms with Crippen molar-refractivity contribution in [3.63, 3.8) is 0 Å². The van der Waals surface area contributed by atoms with Crippen molar-refractivity contribution >= 4 is 56.2 Å². The maximum Gasteiger partial charge on any atom is 0.411 e. The van der Waals surface area contributed by atoms with E-state index in [0.717, 1.165) is 11.1 Å². The molecule has 0 radical (unpaired) electrons. The summed E-state index contributed by atoms with van der Waals surface area (Å²) in [6.45, 7) is 9.47. The Hall–Kier alpha value is -3.84. The third kappa shape index (κ3) is 9.32. The predicted molar refractivity (Wildman–Crippen MR) is 178 cm³/mol. The fraction of sp³-hybridized carbons (Fsp3) is 0.258. The third-order valence-electron chi connectivity index (χ3n) is 5.76. The number of thiocarbonyl (C=S) groups is 1. The van der Waals surface area contributed by atoms with Gasteiger partial charge in [-0.1, -0.05) is 36.4 Å². The van der Waals surface area contributed by atoms with E-state index >= 15 is 0 Å². The van der Waals surface area contributed by atoms with Gasteiger partial charge in [0.25, 0.3) is 0 Å². The number of nitrogens with zero attached hydrogens (tertiary/aromatic N) is 1. The topological polar surface area (TPSA) is 121 Å². The van der Waals surface area contributed by atoms with Gasteiger partial charge in [-0.2, -0.15) is 0 Å². The zero-order valence-corrected chi connectivity index (χ0v) is 27.0. The van der Waals surface area contributed by atoms with Crippen molar-refractivity contribution < 1.29 is 17.9 Å². The van der Waals surface area contributed by atoms with Crippen molar-refractivity contribution in [3.05, 3.63) is 84.6 Å². The standard InChI is InChI=1S/C31H35N5O4S3/c1-20(2)40-30(37)35-23-13-11-22(12-14-23)28-32-19-26(42-28)25-16-15-24(17-27(25)43(38,39)36-31(3,4)5)34-29(41)33-18-21-9-7-6-8-10-21/h6-17,19-20,36H,18H2,1-5H3,(H,35,37)(H2,33,34,41). The lowest BCUT2D eigenvalue weighted by Crippen LogP contribution is -2.40. The molecule has 1 aromatic heterocycles. The number of nitrogens with one attached hydrogen (secondary N) is 4. The van der Waals surface area contributed by atoms with Gasteiger partial charge in [0, 0.05) is 40.8 Å². The van der Waals surface area contributed by atoms with Gasteiger partial charge in [-0.25, -0.2) is 22.9 Å². The summed E-state index contributed by atoms with van der Waals surface area (Å²) in [5.74, 6) is 0. The lowest BCUT2D eigenvalue weighted by Gasteiger charge is -2.22. The first-order valence-electron chi connectivity index (χ1n) is 13.6. The zero-order valence-electron chi connectivity index (χ0n) is 24.6. The molecule has 1 heterocycles. The highest BCUT2D eigenvalue weighted by atomic mass is 32.2. The van der Waals surface area contributed by atoms with Gasteiger partial charge >= 0.3 is 6.09 Å². The van der Waals surface area contributed by atoms with Crippen molar-refractivity contribution in [1.29, 1.82) is 0 Å². The second kappa shape index (κ2) is 13.6. The fourth-order valence-corrected chi connectivity index (χ4v) is 6.91. The number of amides is 1. The molecule has 3 aromatic carbocycles. The van der Waals surface area contributed by atoms with Gasteiger partial charge < -0.3 is 15.4 Å². The molecule has 226 valence electrons. The molecule has 4 rings (SSSR count). The number of anilines is 2. The minimum absolute atomic E-state index is 0.108. The number of aromatic nitrogens is 1. The van der Waals surface area contributed by atoms with E-state index in [9.17, 15) is 13.2 Å². The summed E-state index contributed by atoms with van der Waals surface area (Å²) in [7, 11) is -3.92. The smallest absolute Gasteiger partial charge is 0.411 e. The van der Waals surface area contributed by atoms with Crippen molar-refractivity contribution in [2.45, 2.75) is 57.7 Å². The molecule has 0 aliphatic rings. The zero-order chi connectivity index (χ0) is 31.2. The van der Waals surface area contributed by atoms with Crippen LogP contribution >= 0.6 is 23.6 Å². The molecule has 0 aliphatic heterocycles. The van der Waals surface area contributed by atoms with Gasteiger partial charge in [0.1, 0.15) is 5.01 Å². The van der Waals surface area contributed by atoms with E-state index in [1.165, 1.54) is 11.3 Å². The van der Waals surface area contributed by atoms with E-state index in [4.69, 9.17) is 17.0 Å². The Bertz CT molecular complexity index is 1680. The molecule has 0 saturated heterocycles. The maximum atomic E-state index is 13.6. The van der Waals surface area contributed by atoms with Crippen molar-refractivity contribution in [2.24, 2.45) is 0 Å². The number of rotatable bonds is 9. The number of sulfonamides is 1. The Balaban J connectivity index is 1.58. The summed E-state index contributed by atoms with van der Waals surface area (Å²) in [5, 5.41) is 10.0. The number of carbonyl (C=O) groups excluding carboxylic acids is 1. The first-order valence-corrected chi connectivity index (χ1v) is 16.3. The molecule has 0 fully saturated rings. The van der Waals surface area contributed by atoms with Crippen molar-refractivity contribution in [2.75, 3.05) is 10.6 Å². The number of benzene rings is 3. The Kier molecular flexibility index (Phi) is 10.2. The van der Waals surface area contributed by atoms with E-state index in [-0.39, 0.29) is 11.0 Å². The SMILES string of the molecule is CC(C)OC(=O)Nc1ccc(-c2ncc(-c3ccc(NC(=S)NCc4ccccc4)cc3S(=O)(=O)NC(C)(C)C)s2)cc1. The van der Waals surface area contributed by atoms with Crippen molar-refractivity contribution in [1.82, 2.24) is 15.0 Å². The summed E-state index contributed by atoms with van der Waals surface area (Å²) in [6.07, 6.45) is 0.914. The highest BCUT2D eigenvalue weighted by Crippen LogP contribution is 2.37. The average molecular weight is 638 g/mol. The minimum atomic E-state index is -3.92. The van der Waals surface area contributed by atoms with Gasteiger partial charge in [-0.3, -0.25) is 5.32 Å². The molecule has 4 aromatic rings. The number of carbonyl (C=O) groups is 1. The molecule has 0 unspecified atom stereocenters. The molecule has 0 atom stereocenters. The molecule has 0 saturated carbocycles. The van der Waals surface area contributed by atoms with Gasteiger partial charge in [0.05, 0.1) is 15.9 Å². The van der Waals surface area contributed by atoms with Crippen molar-refractivity contribution in [3.8, 4) is 21.0 Å². The Morgan fingerprint density at radius 2 is 1.65 bits per heavy atom. The van der Waals surface area contributed by atoms with E-state index in [0.29, 0.717) is 38.5 Å². The van der Waals surface area contributed by atoms with E-state index in [1.54, 1.807) is 71.1 Å². The number of hydrogen-bond acceptors (Lipinski definition) is 7. The van der Waals surface area contributed by atoms with E-state index in [1.807, 2.05) is 42.5 Å². The molecule has 0 spiro atoms. The van der Waals surface area contributed by atoms with Crippen LogP contribution in [0.1, 0.15) is 40.2 Å². The molecular formula is C31H35N5O4S3. The normalized spacial score (nSPS) is 11.7. The quantitative estimate of drug-likeness (QED) is 0.145. The summed E-state index contributed by atoms with van der Waals surface area (Å²) in [4.78, 5) is 17.3. The van der Waals surface area contributed by atoms with Crippen LogP contribution in [0.4, 0.5) is 16.2 Å². The molecule has 0 bridgehead atoms. The summed E-state index contributed by atoms with van der Waals surface area (Å²) in [6, 6.07) is 22.2. The fourth-order valence-electron chi connectivity index (χ4n) is 4.03. The molecule has 43 heavy (non-hydrogen) atoms. The van der Waals surface area contributed by atoms with Crippen LogP contribution in [0.5, 0.6) is 0 Å². The Morgan fingerprint density at radius 3 is 2.30 bits per heavy atom. The monoisotopic (exact) mass is 637 g/mol. The molecule has 9 nitrogen and oxygen atoms in total. The van der Waals surface area contributed by atoms with Crippen LogP contribution in [0, 0.1) is 0 Å². The Labute approximate surface area is 262 Å². The van der Waals surface area contributed by atoms with Crippen LogP contribution in [0.25, 0.3) is 21.0 Å². The highest BCUT2D eigenvalue weighted by Gasteiger charge is 2.26. The van der Waals surface area contributed by atoms with Gasteiger partial charge in [0.15, 0.2) is 5.11 Å². The van der Waals surface area contributed by atoms with Crippen LogP contribution in [0.15, 0.2) is 83.9 Å². The lowest BCUT2D eigenvalue weighted by atomic mass is 10.1. The van der Waals surface area contributed by atoms with E-state index in [2.05, 4.69) is 25.7 Å².